The van der Waals surface area contributed by atoms with Gasteiger partial charge in [0, 0.05) is 12.2 Å². The van der Waals surface area contributed by atoms with Gasteiger partial charge < -0.3 is 20.1 Å². The van der Waals surface area contributed by atoms with E-state index in [4.69, 9.17) is 10.5 Å². The summed E-state index contributed by atoms with van der Waals surface area (Å²) in [6.45, 7) is 0.498. The lowest BCUT2D eigenvalue weighted by atomic mass is 10.1. The van der Waals surface area contributed by atoms with Crippen molar-refractivity contribution in [2.75, 3.05) is 32.6 Å². The number of morpholine rings is 1. The number of benzene rings is 1. The summed E-state index contributed by atoms with van der Waals surface area (Å²) in [7, 11) is 1.22. The summed E-state index contributed by atoms with van der Waals surface area (Å²) in [4.78, 5) is 25.3. The Morgan fingerprint density at radius 1 is 1.50 bits per heavy atom. The Morgan fingerprint density at radius 3 is 2.95 bits per heavy atom. The number of nitrogens with two attached hydrogens (primary N) is 1. The Balaban J connectivity index is 2.30. The summed E-state index contributed by atoms with van der Waals surface area (Å²) in [5.74, 6) is -1.88. The standard InChI is InChI=1S/C13H15FN2O4/c1-19-13(18)11-7-20-5-4-16(11)12(17)9-6-8(15)2-3-10(9)14/h2-3,6,11H,4-5,7,15H2,1H3. The molecular formula is C13H15FN2O4. The smallest absolute Gasteiger partial charge is 0.331 e. The molecule has 1 aromatic rings. The van der Waals surface area contributed by atoms with Crippen LogP contribution in [0.2, 0.25) is 0 Å². The first-order valence-corrected chi connectivity index (χ1v) is 6.06. The first kappa shape index (κ1) is 14.3. The minimum Gasteiger partial charge on any atom is -0.467 e. The van der Waals surface area contributed by atoms with Gasteiger partial charge in [-0.25, -0.2) is 9.18 Å². The normalized spacial score (nSPS) is 18.7. The molecule has 0 aliphatic carbocycles. The van der Waals surface area contributed by atoms with Crippen molar-refractivity contribution in [1.82, 2.24) is 4.90 Å². The number of carbonyl (C=O) groups excluding carboxylic acids is 2. The third-order valence-corrected chi connectivity index (χ3v) is 3.08. The van der Waals surface area contributed by atoms with Crippen molar-refractivity contribution >= 4 is 17.6 Å². The minimum atomic E-state index is -0.873. The van der Waals surface area contributed by atoms with Crippen molar-refractivity contribution in [2.45, 2.75) is 6.04 Å². The molecule has 1 fully saturated rings. The monoisotopic (exact) mass is 282 g/mol. The lowest BCUT2D eigenvalue weighted by Gasteiger charge is -2.33. The molecular weight excluding hydrogens is 267 g/mol. The summed E-state index contributed by atoms with van der Waals surface area (Å²) in [6, 6.07) is 2.86. The second-order valence-electron chi connectivity index (χ2n) is 4.35. The fourth-order valence-electron chi connectivity index (χ4n) is 2.04. The summed E-state index contributed by atoms with van der Waals surface area (Å²) >= 11 is 0. The molecule has 2 rings (SSSR count). The number of ether oxygens (including phenoxy) is 2. The van der Waals surface area contributed by atoms with Crippen LogP contribution >= 0.6 is 0 Å². The first-order chi connectivity index (χ1) is 9.54. The second kappa shape index (κ2) is 5.87. The number of hydrogen-bond acceptors (Lipinski definition) is 5. The van der Waals surface area contributed by atoms with Crippen molar-refractivity contribution < 1.29 is 23.5 Å². The molecule has 0 saturated carbocycles. The van der Waals surface area contributed by atoms with E-state index >= 15 is 0 Å². The molecule has 20 heavy (non-hydrogen) atoms. The highest BCUT2D eigenvalue weighted by Crippen LogP contribution is 2.18. The Labute approximate surface area is 115 Å². The summed E-state index contributed by atoms with van der Waals surface area (Å²) < 4.78 is 23.5. The van der Waals surface area contributed by atoms with Crippen LogP contribution in [0.3, 0.4) is 0 Å². The van der Waals surface area contributed by atoms with Gasteiger partial charge >= 0.3 is 5.97 Å². The Bertz CT molecular complexity index is 535. The number of anilines is 1. The number of nitrogen functional groups attached to an aromatic ring is 1. The summed E-state index contributed by atoms with van der Waals surface area (Å²) in [5.41, 5.74) is 5.67. The fraction of sp³-hybridized carbons (Fsp3) is 0.385. The van der Waals surface area contributed by atoms with Gasteiger partial charge in [0.05, 0.1) is 25.9 Å². The summed E-state index contributed by atoms with van der Waals surface area (Å²) in [6.07, 6.45) is 0. The molecule has 1 unspecified atom stereocenters. The molecule has 108 valence electrons. The number of esters is 1. The van der Waals surface area contributed by atoms with E-state index in [1.807, 2.05) is 0 Å². The Kier molecular flexibility index (Phi) is 4.19. The average molecular weight is 282 g/mol. The van der Waals surface area contributed by atoms with Gasteiger partial charge in [0.1, 0.15) is 5.82 Å². The van der Waals surface area contributed by atoms with Crippen molar-refractivity contribution in [3.05, 3.63) is 29.6 Å². The SMILES string of the molecule is COC(=O)C1COCCN1C(=O)c1cc(N)ccc1F. The maximum atomic E-state index is 13.7. The molecule has 1 heterocycles. The largest absolute Gasteiger partial charge is 0.467 e. The van der Waals surface area contributed by atoms with Gasteiger partial charge in [-0.3, -0.25) is 4.79 Å². The number of hydrogen-bond donors (Lipinski definition) is 1. The number of nitrogens with zero attached hydrogens (tertiary/aromatic N) is 1. The molecule has 2 N–H and O–H groups in total. The minimum absolute atomic E-state index is 0.0301. The van der Waals surface area contributed by atoms with Gasteiger partial charge in [-0.1, -0.05) is 0 Å². The van der Waals surface area contributed by atoms with E-state index in [2.05, 4.69) is 4.74 Å². The number of carbonyl (C=O) groups is 2. The van der Waals surface area contributed by atoms with Crippen LogP contribution in [0, 0.1) is 5.82 Å². The predicted molar refractivity (Wildman–Crippen MR) is 68.5 cm³/mol. The zero-order chi connectivity index (χ0) is 14.7. The topological polar surface area (TPSA) is 81.9 Å². The molecule has 1 aliphatic rings. The molecule has 1 aliphatic heterocycles. The van der Waals surface area contributed by atoms with E-state index < -0.39 is 23.7 Å². The van der Waals surface area contributed by atoms with Crippen LogP contribution in [-0.4, -0.2) is 49.7 Å². The van der Waals surface area contributed by atoms with Crippen LogP contribution in [0.15, 0.2) is 18.2 Å². The van der Waals surface area contributed by atoms with Crippen LogP contribution in [0.25, 0.3) is 0 Å². The van der Waals surface area contributed by atoms with Crippen molar-refractivity contribution in [2.24, 2.45) is 0 Å². The fourth-order valence-corrected chi connectivity index (χ4v) is 2.04. The van der Waals surface area contributed by atoms with Crippen LogP contribution in [0.4, 0.5) is 10.1 Å². The Hall–Kier alpha value is -2.15. The van der Waals surface area contributed by atoms with Crippen molar-refractivity contribution in [3.8, 4) is 0 Å². The molecule has 0 spiro atoms. The lowest BCUT2D eigenvalue weighted by Crippen LogP contribution is -2.53. The van der Waals surface area contributed by atoms with E-state index in [1.165, 1.54) is 24.1 Å². The van der Waals surface area contributed by atoms with Gasteiger partial charge in [0.15, 0.2) is 6.04 Å². The Morgan fingerprint density at radius 2 is 2.25 bits per heavy atom. The molecule has 6 nitrogen and oxygen atoms in total. The van der Waals surface area contributed by atoms with E-state index in [0.717, 1.165) is 6.07 Å². The highest BCUT2D eigenvalue weighted by molar-refractivity contribution is 5.97. The number of amides is 1. The van der Waals surface area contributed by atoms with Crippen LogP contribution < -0.4 is 5.73 Å². The number of methoxy groups -OCH3 is 1. The molecule has 0 radical (unpaired) electrons. The second-order valence-corrected chi connectivity index (χ2v) is 4.35. The van der Waals surface area contributed by atoms with Gasteiger partial charge in [0.25, 0.3) is 5.91 Å². The van der Waals surface area contributed by atoms with E-state index in [-0.39, 0.29) is 31.0 Å². The van der Waals surface area contributed by atoms with E-state index in [0.29, 0.717) is 0 Å². The van der Waals surface area contributed by atoms with Gasteiger partial charge in [-0.15, -0.1) is 0 Å². The van der Waals surface area contributed by atoms with Gasteiger partial charge in [-0.2, -0.15) is 0 Å². The molecule has 1 aromatic carbocycles. The third-order valence-electron chi connectivity index (χ3n) is 3.08. The molecule has 1 amide bonds. The molecule has 1 saturated heterocycles. The zero-order valence-electron chi connectivity index (χ0n) is 11.0. The molecule has 1 atom stereocenters. The van der Waals surface area contributed by atoms with Crippen LogP contribution in [0.1, 0.15) is 10.4 Å². The summed E-state index contributed by atoms with van der Waals surface area (Å²) in [5, 5.41) is 0. The number of rotatable bonds is 2. The van der Waals surface area contributed by atoms with Gasteiger partial charge in [0.2, 0.25) is 0 Å². The van der Waals surface area contributed by atoms with Crippen molar-refractivity contribution in [3.63, 3.8) is 0 Å². The number of halogens is 1. The third kappa shape index (κ3) is 2.72. The lowest BCUT2D eigenvalue weighted by molar-refractivity contribution is -0.151. The van der Waals surface area contributed by atoms with E-state index in [9.17, 15) is 14.0 Å². The highest BCUT2D eigenvalue weighted by atomic mass is 19.1. The maximum absolute atomic E-state index is 13.7. The van der Waals surface area contributed by atoms with Gasteiger partial charge in [-0.05, 0) is 18.2 Å². The zero-order valence-corrected chi connectivity index (χ0v) is 11.0. The van der Waals surface area contributed by atoms with E-state index in [1.54, 1.807) is 0 Å². The van der Waals surface area contributed by atoms with Crippen LogP contribution in [0.5, 0.6) is 0 Å². The molecule has 7 heteroatoms. The van der Waals surface area contributed by atoms with Crippen LogP contribution in [-0.2, 0) is 14.3 Å². The molecule has 0 aromatic heterocycles. The van der Waals surface area contributed by atoms with Crippen molar-refractivity contribution in [1.29, 1.82) is 0 Å². The highest BCUT2D eigenvalue weighted by Gasteiger charge is 2.35. The quantitative estimate of drug-likeness (QED) is 0.628. The first-order valence-electron chi connectivity index (χ1n) is 6.06. The maximum Gasteiger partial charge on any atom is 0.331 e. The predicted octanol–water partition coefficient (Wildman–Crippen LogP) is 0.422. The molecule has 0 bridgehead atoms. The average Bonchev–Trinajstić information content (AvgIpc) is 2.48.